The van der Waals surface area contributed by atoms with Gasteiger partial charge >= 0.3 is 5.97 Å². The van der Waals surface area contributed by atoms with Crippen molar-refractivity contribution in [3.05, 3.63) is 61.0 Å². The van der Waals surface area contributed by atoms with Crippen LogP contribution in [0, 0.1) is 11.6 Å². The molecule has 0 aliphatic rings. The Labute approximate surface area is 157 Å². The molecular formula is C15H8Br2ClF2NO3. The van der Waals surface area contributed by atoms with E-state index in [1.807, 2.05) is 0 Å². The van der Waals surface area contributed by atoms with Gasteiger partial charge in [-0.05, 0) is 40.2 Å². The molecule has 0 unspecified atom stereocenters. The van der Waals surface area contributed by atoms with Crippen LogP contribution in [0.3, 0.4) is 0 Å². The van der Waals surface area contributed by atoms with Crippen LogP contribution in [0.2, 0.25) is 5.02 Å². The van der Waals surface area contributed by atoms with Gasteiger partial charge in [-0.25, -0.2) is 13.6 Å². The lowest BCUT2D eigenvalue weighted by molar-refractivity contribution is 0.0602. The number of hydrogen-bond donors (Lipinski definition) is 1. The highest BCUT2D eigenvalue weighted by molar-refractivity contribution is 9.11. The summed E-state index contributed by atoms with van der Waals surface area (Å²) in [5.74, 6) is -3.89. The quantitative estimate of drug-likeness (QED) is 0.484. The highest BCUT2D eigenvalue weighted by Gasteiger charge is 2.21. The first kappa shape index (κ1) is 18.8. The Morgan fingerprint density at radius 2 is 1.71 bits per heavy atom. The molecule has 0 heterocycles. The summed E-state index contributed by atoms with van der Waals surface area (Å²) in [4.78, 5) is 24.2. The van der Waals surface area contributed by atoms with E-state index in [0.29, 0.717) is 21.1 Å². The highest BCUT2D eigenvalue weighted by Crippen LogP contribution is 2.32. The van der Waals surface area contributed by atoms with Crippen LogP contribution in [0.4, 0.5) is 14.5 Å². The standard InChI is InChI=1S/C15H8Br2ClF2NO3/c1-24-15(23)8-2-6(16)3-9(17)13(8)21-14(22)7-4-11(19)12(20)5-10(7)18/h2-5H,1H3,(H,21,22). The molecule has 2 rings (SSSR count). The average Bonchev–Trinajstić information content (AvgIpc) is 2.52. The van der Waals surface area contributed by atoms with E-state index in [2.05, 4.69) is 41.9 Å². The zero-order chi connectivity index (χ0) is 18.0. The molecule has 0 aliphatic heterocycles. The molecule has 0 fully saturated rings. The number of carbonyl (C=O) groups is 2. The Morgan fingerprint density at radius 1 is 1.08 bits per heavy atom. The van der Waals surface area contributed by atoms with E-state index >= 15 is 0 Å². The molecule has 0 saturated carbocycles. The predicted molar refractivity (Wildman–Crippen MR) is 92.5 cm³/mol. The number of ether oxygens (including phenoxy) is 1. The zero-order valence-corrected chi connectivity index (χ0v) is 15.9. The second-order valence-corrected chi connectivity index (χ2v) is 6.68. The van der Waals surface area contributed by atoms with Gasteiger partial charge in [-0.15, -0.1) is 0 Å². The Hall–Kier alpha value is -1.51. The van der Waals surface area contributed by atoms with Crippen molar-refractivity contribution in [1.82, 2.24) is 0 Å². The molecule has 24 heavy (non-hydrogen) atoms. The van der Waals surface area contributed by atoms with Gasteiger partial charge in [0.2, 0.25) is 0 Å². The summed E-state index contributed by atoms with van der Waals surface area (Å²) >= 11 is 12.2. The smallest absolute Gasteiger partial charge is 0.340 e. The fraction of sp³-hybridized carbons (Fsp3) is 0.0667. The van der Waals surface area contributed by atoms with Crippen molar-refractivity contribution < 1.29 is 23.1 Å². The van der Waals surface area contributed by atoms with Gasteiger partial charge in [0, 0.05) is 8.95 Å². The molecule has 126 valence electrons. The van der Waals surface area contributed by atoms with Gasteiger partial charge in [-0.1, -0.05) is 27.5 Å². The minimum absolute atomic E-state index is 0.0609. The van der Waals surface area contributed by atoms with E-state index in [-0.39, 0.29) is 21.8 Å². The lowest BCUT2D eigenvalue weighted by Crippen LogP contribution is -2.17. The number of amides is 1. The zero-order valence-electron chi connectivity index (χ0n) is 11.9. The van der Waals surface area contributed by atoms with Gasteiger partial charge in [0.15, 0.2) is 11.6 Å². The first-order valence-corrected chi connectivity index (χ1v) is 8.24. The minimum atomic E-state index is -1.22. The summed E-state index contributed by atoms with van der Waals surface area (Å²) in [5.41, 5.74) is -0.108. The van der Waals surface area contributed by atoms with Crippen molar-refractivity contribution in [2.45, 2.75) is 0 Å². The van der Waals surface area contributed by atoms with Crippen molar-refractivity contribution in [3.63, 3.8) is 0 Å². The van der Waals surface area contributed by atoms with E-state index in [1.165, 1.54) is 13.2 Å². The third-order valence-electron chi connectivity index (χ3n) is 2.95. The van der Waals surface area contributed by atoms with Gasteiger partial charge in [-0.2, -0.15) is 0 Å². The number of hydrogen-bond acceptors (Lipinski definition) is 3. The molecule has 0 spiro atoms. The van der Waals surface area contributed by atoms with Gasteiger partial charge in [0.1, 0.15) is 0 Å². The van der Waals surface area contributed by atoms with Crippen LogP contribution < -0.4 is 5.32 Å². The Morgan fingerprint density at radius 3 is 2.33 bits per heavy atom. The van der Waals surface area contributed by atoms with Crippen LogP contribution in [0.25, 0.3) is 0 Å². The maximum atomic E-state index is 13.3. The van der Waals surface area contributed by atoms with Gasteiger partial charge in [-0.3, -0.25) is 4.79 Å². The average molecular weight is 483 g/mol. The normalized spacial score (nSPS) is 10.4. The van der Waals surface area contributed by atoms with Gasteiger partial charge in [0.25, 0.3) is 5.91 Å². The summed E-state index contributed by atoms with van der Waals surface area (Å²) in [7, 11) is 1.19. The van der Waals surface area contributed by atoms with E-state index in [1.54, 1.807) is 6.07 Å². The molecule has 2 aromatic rings. The Bertz CT molecular complexity index is 846. The summed E-state index contributed by atoms with van der Waals surface area (Å²) in [6, 6.07) is 4.41. The molecule has 0 radical (unpaired) electrons. The number of benzene rings is 2. The molecule has 0 aromatic heterocycles. The Balaban J connectivity index is 2.46. The topological polar surface area (TPSA) is 55.4 Å². The molecule has 4 nitrogen and oxygen atoms in total. The van der Waals surface area contributed by atoms with Crippen LogP contribution in [-0.2, 0) is 4.74 Å². The van der Waals surface area contributed by atoms with Crippen LogP contribution in [0.15, 0.2) is 33.2 Å². The van der Waals surface area contributed by atoms with Crippen molar-refractivity contribution in [2.75, 3.05) is 12.4 Å². The number of halogens is 5. The first-order valence-electron chi connectivity index (χ1n) is 6.27. The van der Waals surface area contributed by atoms with Gasteiger partial charge in [0.05, 0.1) is 28.9 Å². The van der Waals surface area contributed by atoms with E-state index in [9.17, 15) is 18.4 Å². The molecule has 9 heteroatoms. The maximum absolute atomic E-state index is 13.3. The van der Waals surface area contributed by atoms with Crippen LogP contribution in [0.5, 0.6) is 0 Å². The number of methoxy groups -OCH3 is 1. The van der Waals surface area contributed by atoms with Crippen LogP contribution in [-0.4, -0.2) is 19.0 Å². The third-order valence-corrected chi connectivity index (χ3v) is 4.35. The molecule has 1 N–H and O–H groups in total. The monoisotopic (exact) mass is 481 g/mol. The third kappa shape index (κ3) is 3.93. The SMILES string of the molecule is COC(=O)c1cc(Br)cc(Br)c1NC(=O)c1cc(F)c(F)cc1Cl. The molecule has 0 bridgehead atoms. The van der Waals surface area contributed by atoms with Crippen molar-refractivity contribution >= 4 is 61.0 Å². The molecule has 0 saturated heterocycles. The number of rotatable bonds is 3. The molecule has 0 aliphatic carbocycles. The molecule has 1 amide bonds. The lowest BCUT2D eigenvalue weighted by Gasteiger charge is -2.13. The fourth-order valence-corrected chi connectivity index (χ4v) is 3.41. The highest BCUT2D eigenvalue weighted by atomic mass is 79.9. The summed E-state index contributed by atoms with van der Waals surface area (Å²) in [5, 5.41) is 2.18. The fourth-order valence-electron chi connectivity index (χ4n) is 1.85. The first-order chi connectivity index (χ1) is 11.2. The second-order valence-electron chi connectivity index (χ2n) is 4.50. The van der Waals surface area contributed by atoms with E-state index in [0.717, 1.165) is 0 Å². The van der Waals surface area contributed by atoms with Crippen molar-refractivity contribution in [1.29, 1.82) is 0 Å². The van der Waals surface area contributed by atoms with Crippen LogP contribution >= 0.6 is 43.5 Å². The summed E-state index contributed by atoms with van der Waals surface area (Å²) in [6.45, 7) is 0. The molecule has 0 atom stereocenters. The molecule has 2 aromatic carbocycles. The largest absolute Gasteiger partial charge is 0.465 e. The van der Waals surface area contributed by atoms with Crippen molar-refractivity contribution in [3.8, 4) is 0 Å². The molecular weight excluding hydrogens is 475 g/mol. The lowest BCUT2D eigenvalue weighted by atomic mass is 10.1. The minimum Gasteiger partial charge on any atom is -0.465 e. The Kier molecular flexibility index (Phi) is 5.95. The second kappa shape index (κ2) is 7.58. The number of esters is 1. The summed E-state index contributed by atoms with van der Waals surface area (Å²) in [6.07, 6.45) is 0. The van der Waals surface area contributed by atoms with Crippen LogP contribution in [0.1, 0.15) is 20.7 Å². The maximum Gasteiger partial charge on any atom is 0.340 e. The van der Waals surface area contributed by atoms with E-state index < -0.39 is 23.5 Å². The van der Waals surface area contributed by atoms with Gasteiger partial charge < -0.3 is 10.1 Å². The van der Waals surface area contributed by atoms with Crippen molar-refractivity contribution in [2.24, 2.45) is 0 Å². The predicted octanol–water partition coefficient (Wildman–Crippen LogP) is 5.18. The summed E-state index contributed by atoms with van der Waals surface area (Å²) < 4.78 is 32.1. The number of anilines is 1. The van der Waals surface area contributed by atoms with E-state index in [4.69, 9.17) is 11.6 Å². The number of carbonyl (C=O) groups excluding carboxylic acids is 2. The number of nitrogens with one attached hydrogen (secondary N) is 1.